The smallest absolute Gasteiger partial charge is 0.349 e. The lowest BCUT2D eigenvalue weighted by molar-refractivity contribution is -0.159. The Morgan fingerprint density at radius 2 is 1.56 bits per heavy atom. The Bertz CT molecular complexity index is 990. The number of hydrogen-bond donors (Lipinski definition) is 0. The predicted molar refractivity (Wildman–Crippen MR) is 129 cm³/mol. The van der Waals surface area contributed by atoms with Crippen LogP contribution >= 0.6 is 0 Å². The summed E-state index contributed by atoms with van der Waals surface area (Å²) in [5.74, 6) is -1.41. The highest BCUT2D eigenvalue weighted by molar-refractivity contribution is 6.37. The first-order chi connectivity index (χ1) is 16.6. The van der Waals surface area contributed by atoms with Crippen LogP contribution in [0.2, 0.25) is 0 Å². The van der Waals surface area contributed by atoms with Crippen molar-refractivity contribution < 1.29 is 23.8 Å². The molecule has 1 unspecified atom stereocenters. The van der Waals surface area contributed by atoms with Crippen molar-refractivity contribution >= 4 is 23.3 Å². The highest BCUT2D eigenvalue weighted by atomic mass is 16.5. The molecule has 4 rings (SSSR count). The molecule has 0 aromatic heterocycles. The molecule has 0 bridgehead atoms. The second kappa shape index (κ2) is 10.8. The molecule has 8 heteroatoms. The zero-order chi connectivity index (χ0) is 24.0. The topological polar surface area (TPSA) is 80.7 Å². The van der Waals surface area contributed by atoms with Crippen molar-refractivity contribution in [2.24, 2.45) is 4.99 Å². The van der Waals surface area contributed by atoms with Gasteiger partial charge < -0.3 is 19.1 Å². The van der Waals surface area contributed by atoms with Crippen LogP contribution in [-0.4, -0.2) is 81.7 Å². The van der Waals surface area contributed by atoms with E-state index < -0.39 is 23.5 Å². The van der Waals surface area contributed by atoms with Crippen LogP contribution in [0.25, 0.3) is 0 Å². The molecule has 0 spiro atoms. The Balaban J connectivity index is 1.73. The number of benzene rings is 2. The van der Waals surface area contributed by atoms with Gasteiger partial charge in [-0.3, -0.25) is 9.89 Å². The molecule has 0 N–H and O–H groups in total. The maximum absolute atomic E-state index is 13.3. The maximum atomic E-state index is 13.3. The number of rotatable bonds is 8. The zero-order valence-corrected chi connectivity index (χ0v) is 19.7. The van der Waals surface area contributed by atoms with Gasteiger partial charge in [-0.15, -0.1) is 0 Å². The van der Waals surface area contributed by atoms with Gasteiger partial charge in [0.05, 0.1) is 39.2 Å². The summed E-state index contributed by atoms with van der Waals surface area (Å²) in [6.07, 6.45) is 0.800. The number of hydrogen-bond acceptors (Lipinski definition) is 8. The quantitative estimate of drug-likeness (QED) is 0.337. The van der Waals surface area contributed by atoms with Crippen LogP contribution in [0, 0.1) is 0 Å². The molecule has 2 saturated heterocycles. The minimum Gasteiger partial charge on any atom is -0.467 e. The van der Waals surface area contributed by atoms with Crippen LogP contribution in [0.15, 0.2) is 65.7 Å². The lowest BCUT2D eigenvalue weighted by Crippen LogP contribution is -2.78. The van der Waals surface area contributed by atoms with Crippen LogP contribution in [0.5, 0.6) is 0 Å². The number of carbonyl (C=O) groups is 2. The van der Waals surface area contributed by atoms with E-state index in [1.165, 1.54) is 14.2 Å². The summed E-state index contributed by atoms with van der Waals surface area (Å²) in [6, 6.07) is 18.7. The van der Waals surface area contributed by atoms with Crippen molar-refractivity contribution in [2.75, 3.05) is 58.5 Å². The zero-order valence-electron chi connectivity index (χ0n) is 19.7. The van der Waals surface area contributed by atoms with Gasteiger partial charge in [0.2, 0.25) is 0 Å². The number of morpholine rings is 1. The summed E-state index contributed by atoms with van der Waals surface area (Å²) in [5.41, 5.74) is 0.314. The van der Waals surface area contributed by atoms with Crippen molar-refractivity contribution in [3.8, 4) is 0 Å². The van der Waals surface area contributed by atoms with Crippen molar-refractivity contribution in [3.05, 3.63) is 66.2 Å². The molecule has 34 heavy (non-hydrogen) atoms. The van der Waals surface area contributed by atoms with Crippen LogP contribution < -0.4 is 4.90 Å². The molecule has 2 heterocycles. The minimum absolute atomic E-state index is 0.398. The highest BCUT2D eigenvalue weighted by Crippen LogP contribution is 2.48. The van der Waals surface area contributed by atoms with E-state index in [2.05, 4.69) is 4.90 Å². The molecule has 2 aliphatic rings. The molecule has 0 saturated carbocycles. The predicted octanol–water partition coefficient (Wildman–Crippen LogP) is 2.50. The van der Waals surface area contributed by atoms with E-state index in [0.717, 1.165) is 44.8 Å². The van der Waals surface area contributed by atoms with Gasteiger partial charge in [0, 0.05) is 31.9 Å². The maximum Gasteiger partial charge on any atom is 0.349 e. The van der Waals surface area contributed by atoms with Crippen molar-refractivity contribution in [1.82, 2.24) is 4.90 Å². The summed E-state index contributed by atoms with van der Waals surface area (Å²) in [6.45, 7) is 4.64. The van der Waals surface area contributed by atoms with E-state index in [4.69, 9.17) is 19.2 Å². The Kier molecular flexibility index (Phi) is 7.59. The fourth-order valence-electron chi connectivity index (χ4n) is 4.75. The first-order valence-electron chi connectivity index (χ1n) is 11.6. The number of nitrogens with zero attached hydrogens (tertiary/aromatic N) is 3. The first kappa shape index (κ1) is 23.9. The molecule has 2 aliphatic heterocycles. The van der Waals surface area contributed by atoms with E-state index >= 15 is 0 Å². The largest absolute Gasteiger partial charge is 0.467 e. The Morgan fingerprint density at radius 1 is 0.971 bits per heavy atom. The van der Waals surface area contributed by atoms with Gasteiger partial charge in [0.1, 0.15) is 0 Å². The lowest BCUT2D eigenvalue weighted by atomic mass is 9.72. The number of esters is 2. The fraction of sp³-hybridized carbons (Fsp3) is 0.423. The Hall–Kier alpha value is -3.23. The Labute approximate surface area is 200 Å². The molecule has 1 atom stereocenters. The van der Waals surface area contributed by atoms with E-state index in [1.807, 2.05) is 60.7 Å². The summed E-state index contributed by atoms with van der Waals surface area (Å²) >= 11 is 0. The molecule has 0 aliphatic carbocycles. The number of ether oxygens (including phenoxy) is 3. The molecular weight excluding hydrogens is 434 g/mol. The normalized spacial score (nSPS) is 21.1. The number of aliphatic imine (C=N–C) groups is 1. The number of carbonyl (C=O) groups excluding carboxylic acids is 2. The average molecular weight is 466 g/mol. The molecule has 2 aromatic rings. The van der Waals surface area contributed by atoms with Gasteiger partial charge in [-0.2, -0.15) is 0 Å². The molecule has 0 amide bonds. The second-order valence-corrected chi connectivity index (χ2v) is 8.29. The Morgan fingerprint density at radius 3 is 2.15 bits per heavy atom. The van der Waals surface area contributed by atoms with Gasteiger partial charge in [-0.05, 0) is 24.1 Å². The van der Waals surface area contributed by atoms with Gasteiger partial charge in [-0.1, -0.05) is 48.5 Å². The molecule has 0 radical (unpaired) electrons. The third-order valence-electron chi connectivity index (χ3n) is 6.38. The second-order valence-electron chi connectivity index (χ2n) is 8.29. The van der Waals surface area contributed by atoms with Gasteiger partial charge in [-0.25, -0.2) is 9.59 Å². The third kappa shape index (κ3) is 4.31. The number of para-hydroxylation sites is 1. The van der Waals surface area contributed by atoms with Crippen LogP contribution in [0.3, 0.4) is 0 Å². The lowest BCUT2D eigenvalue weighted by Gasteiger charge is -2.56. The van der Waals surface area contributed by atoms with Gasteiger partial charge in [0.15, 0.2) is 0 Å². The summed E-state index contributed by atoms with van der Waals surface area (Å²) in [4.78, 5) is 35.6. The van der Waals surface area contributed by atoms with Crippen molar-refractivity contribution in [2.45, 2.75) is 18.0 Å². The van der Waals surface area contributed by atoms with Crippen LogP contribution in [0.4, 0.5) is 5.69 Å². The fourth-order valence-corrected chi connectivity index (χ4v) is 4.75. The number of anilines is 1. The first-order valence-corrected chi connectivity index (χ1v) is 11.6. The van der Waals surface area contributed by atoms with Crippen LogP contribution in [0.1, 0.15) is 18.0 Å². The average Bonchev–Trinajstić information content (AvgIpc) is 2.89. The van der Waals surface area contributed by atoms with E-state index in [1.54, 1.807) is 4.90 Å². The molecule has 2 aromatic carbocycles. The van der Waals surface area contributed by atoms with E-state index in [0.29, 0.717) is 17.9 Å². The minimum atomic E-state index is -1.77. The van der Waals surface area contributed by atoms with Crippen molar-refractivity contribution in [1.29, 1.82) is 0 Å². The van der Waals surface area contributed by atoms with Gasteiger partial charge >= 0.3 is 11.9 Å². The van der Waals surface area contributed by atoms with E-state index in [-0.39, 0.29) is 0 Å². The summed E-state index contributed by atoms with van der Waals surface area (Å²) in [5, 5.41) is 0. The molecular formula is C26H31N3O5. The molecule has 180 valence electrons. The van der Waals surface area contributed by atoms with Crippen LogP contribution in [-0.2, 0) is 23.8 Å². The molecule has 2 fully saturated rings. The van der Waals surface area contributed by atoms with Gasteiger partial charge in [0.25, 0.3) is 5.54 Å². The highest BCUT2D eigenvalue weighted by Gasteiger charge is 2.70. The number of methoxy groups -OCH3 is 2. The SMILES string of the molecule is COC(=O)C1(C(=O)OC)C(=NCCCN2CCOCC2)C(c2ccccc2)N1c1ccccc1. The summed E-state index contributed by atoms with van der Waals surface area (Å²) in [7, 11) is 2.56. The monoisotopic (exact) mass is 465 g/mol. The summed E-state index contributed by atoms with van der Waals surface area (Å²) < 4.78 is 15.7. The third-order valence-corrected chi connectivity index (χ3v) is 6.38. The van der Waals surface area contributed by atoms with Crippen molar-refractivity contribution in [3.63, 3.8) is 0 Å². The standard InChI is InChI=1S/C26H31N3O5/c1-32-24(30)26(25(31)33-2)23(27-14-9-15-28-16-18-34-19-17-28)22(20-10-5-3-6-11-20)29(26)21-12-7-4-8-13-21/h3-8,10-13,22H,9,14-19H2,1-2H3. The molecule has 8 nitrogen and oxygen atoms in total. The van der Waals surface area contributed by atoms with E-state index in [9.17, 15) is 9.59 Å².